The van der Waals surface area contributed by atoms with Gasteiger partial charge in [-0.2, -0.15) is 11.8 Å². The second kappa shape index (κ2) is 6.30. The van der Waals surface area contributed by atoms with Crippen LogP contribution in [0.3, 0.4) is 0 Å². The highest BCUT2D eigenvalue weighted by Gasteiger charge is 2.13. The van der Waals surface area contributed by atoms with E-state index >= 15 is 0 Å². The number of imidazole rings is 1. The molecule has 0 aromatic carbocycles. The zero-order chi connectivity index (χ0) is 11.2. The molecule has 1 atom stereocenters. The van der Waals surface area contributed by atoms with Crippen molar-refractivity contribution < 1.29 is 0 Å². The molecular weight excluding hydrogens is 218 g/mol. The molecule has 2 rings (SSSR count). The van der Waals surface area contributed by atoms with Crippen LogP contribution in [0.4, 0.5) is 0 Å². The highest BCUT2D eigenvalue weighted by Crippen LogP contribution is 2.16. The van der Waals surface area contributed by atoms with E-state index < -0.39 is 0 Å². The fraction of sp³-hybridized carbons (Fsp3) is 0.750. The van der Waals surface area contributed by atoms with Crippen molar-refractivity contribution in [3.63, 3.8) is 0 Å². The van der Waals surface area contributed by atoms with Crippen LogP contribution in [0.5, 0.6) is 0 Å². The summed E-state index contributed by atoms with van der Waals surface area (Å²) in [5.41, 5.74) is 0. The van der Waals surface area contributed by atoms with Gasteiger partial charge in [0.25, 0.3) is 0 Å². The number of nitrogens with one attached hydrogen (secondary N) is 1. The van der Waals surface area contributed by atoms with Crippen molar-refractivity contribution in [2.24, 2.45) is 0 Å². The molecule has 1 aromatic rings. The van der Waals surface area contributed by atoms with Gasteiger partial charge in [-0.05, 0) is 38.5 Å². The second-order valence-electron chi connectivity index (χ2n) is 4.39. The van der Waals surface area contributed by atoms with E-state index in [0.29, 0.717) is 0 Å². The lowest BCUT2D eigenvalue weighted by molar-refractivity contribution is 0.513. The number of nitrogens with zero attached hydrogens (tertiary/aromatic N) is 2. The lowest BCUT2D eigenvalue weighted by atomic mass is 10.2. The van der Waals surface area contributed by atoms with E-state index in [2.05, 4.69) is 39.8 Å². The minimum Gasteiger partial charge on any atom is -0.335 e. The number of rotatable bonds is 6. The van der Waals surface area contributed by atoms with Crippen molar-refractivity contribution in [1.29, 1.82) is 0 Å². The van der Waals surface area contributed by atoms with Gasteiger partial charge in [0.05, 0.1) is 0 Å². The Kier molecular flexibility index (Phi) is 4.72. The minimum absolute atomic E-state index is 0.778. The van der Waals surface area contributed by atoms with Gasteiger partial charge in [0.1, 0.15) is 5.82 Å². The molecule has 0 radical (unpaired) electrons. The predicted octanol–water partition coefficient (Wildman–Crippen LogP) is 2.07. The molecule has 0 amide bonds. The van der Waals surface area contributed by atoms with E-state index in [9.17, 15) is 0 Å². The fourth-order valence-electron chi connectivity index (χ4n) is 2.05. The largest absolute Gasteiger partial charge is 0.335 e. The van der Waals surface area contributed by atoms with Crippen molar-refractivity contribution in [3.05, 3.63) is 18.2 Å². The summed E-state index contributed by atoms with van der Waals surface area (Å²) in [6, 6.07) is 0.778. The van der Waals surface area contributed by atoms with Gasteiger partial charge in [0, 0.05) is 30.7 Å². The van der Waals surface area contributed by atoms with Gasteiger partial charge >= 0.3 is 0 Å². The summed E-state index contributed by atoms with van der Waals surface area (Å²) in [6.07, 6.45) is 7.80. The third kappa shape index (κ3) is 3.52. The van der Waals surface area contributed by atoms with E-state index in [1.807, 2.05) is 6.20 Å². The Bertz CT molecular complexity index is 305. The van der Waals surface area contributed by atoms with Crippen LogP contribution in [0.15, 0.2) is 12.4 Å². The smallest absolute Gasteiger partial charge is 0.105 e. The van der Waals surface area contributed by atoms with Crippen LogP contribution in [-0.4, -0.2) is 33.6 Å². The monoisotopic (exact) mass is 239 g/mol. The SMILES string of the molecule is Cc1nccn1CCCCNC1CCSC1. The first-order valence-electron chi connectivity index (χ1n) is 6.15. The first kappa shape index (κ1) is 12.0. The van der Waals surface area contributed by atoms with Crippen molar-refractivity contribution in [3.8, 4) is 0 Å². The molecule has 1 aliphatic heterocycles. The van der Waals surface area contributed by atoms with Crippen LogP contribution in [0, 0.1) is 6.92 Å². The van der Waals surface area contributed by atoms with Gasteiger partial charge in [0.15, 0.2) is 0 Å². The molecule has 1 fully saturated rings. The molecule has 0 saturated carbocycles. The van der Waals surface area contributed by atoms with Crippen LogP contribution >= 0.6 is 11.8 Å². The molecule has 1 unspecified atom stereocenters. The molecule has 1 aliphatic rings. The maximum absolute atomic E-state index is 4.22. The maximum atomic E-state index is 4.22. The van der Waals surface area contributed by atoms with Crippen molar-refractivity contribution in [2.75, 3.05) is 18.1 Å². The standard InChI is InChI=1S/C12H21N3S/c1-11-13-6-8-15(11)7-3-2-5-14-12-4-9-16-10-12/h6,8,12,14H,2-5,7,9-10H2,1H3. The molecule has 2 heterocycles. The predicted molar refractivity (Wildman–Crippen MR) is 69.9 cm³/mol. The van der Waals surface area contributed by atoms with Crippen molar-refractivity contribution in [1.82, 2.24) is 14.9 Å². The average Bonchev–Trinajstić information content (AvgIpc) is 2.90. The van der Waals surface area contributed by atoms with Crippen LogP contribution in [0.2, 0.25) is 0 Å². The van der Waals surface area contributed by atoms with Gasteiger partial charge in [0.2, 0.25) is 0 Å². The molecule has 0 aliphatic carbocycles. The number of aromatic nitrogens is 2. The molecule has 1 aromatic heterocycles. The van der Waals surface area contributed by atoms with Gasteiger partial charge < -0.3 is 9.88 Å². The summed E-state index contributed by atoms with van der Waals surface area (Å²) >= 11 is 2.07. The molecule has 3 nitrogen and oxygen atoms in total. The summed E-state index contributed by atoms with van der Waals surface area (Å²) in [4.78, 5) is 4.22. The van der Waals surface area contributed by atoms with Gasteiger partial charge in [-0.1, -0.05) is 0 Å². The molecule has 0 bridgehead atoms. The van der Waals surface area contributed by atoms with Crippen molar-refractivity contribution >= 4 is 11.8 Å². The highest BCUT2D eigenvalue weighted by atomic mass is 32.2. The van der Waals surface area contributed by atoms with Gasteiger partial charge in [-0.25, -0.2) is 4.98 Å². The molecule has 1 N–H and O–H groups in total. The lowest BCUT2D eigenvalue weighted by Crippen LogP contribution is -2.29. The van der Waals surface area contributed by atoms with Gasteiger partial charge in [-0.15, -0.1) is 0 Å². The number of thioether (sulfide) groups is 1. The lowest BCUT2D eigenvalue weighted by Gasteiger charge is -2.11. The van der Waals surface area contributed by atoms with Crippen LogP contribution in [0.1, 0.15) is 25.1 Å². The van der Waals surface area contributed by atoms with E-state index in [1.54, 1.807) is 0 Å². The summed E-state index contributed by atoms with van der Waals surface area (Å²) < 4.78 is 2.23. The molecular formula is C12H21N3S. The van der Waals surface area contributed by atoms with Crippen LogP contribution in [0.25, 0.3) is 0 Å². The Balaban J connectivity index is 1.53. The number of hydrogen-bond acceptors (Lipinski definition) is 3. The molecule has 1 saturated heterocycles. The number of hydrogen-bond donors (Lipinski definition) is 1. The first-order valence-corrected chi connectivity index (χ1v) is 7.30. The number of aryl methyl sites for hydroxylation is 2. The highest BCUT2D eigenvalue weighted by molar-refractivity contribution is 7.99. The summed E-state index contributed by atoms with van der Waals surface area (Å²) in [5.74, 6) is 3.77. The first-order chi connectivity index (χ1) is 7.86. The zero-order valence-electron chi connectivity index (χ0n) is 9.98. The summed E-state index contributed by atoms with van der Waals surface area (Å²) in [7, 11) is 0. The minimum atomic E-state index is 0.778. The molecule has 4 heteroatoms. The Morgan fingerprint density at radius 2 is 2.50 bits per heavy atom. The molecule has 16 heavy (non-hydrogen) atoms. The third-order valence-corrected chi connectivity index (χ3v) is 4.27. The Morgan fingerprint density at radius 1 is 1.56 bits per heavy atom. The second-order valence-corrected chi connectivity index (χ2v) is 5.54. The van der Waals surface area contributed by atoms with E-state index in [1.165, 1.54) is 37.3 Å². The molecule has 0 spiro atoms. The quantitative estimate of drug-likeness (QED) is 0.771. The average molecular weight is 239 g/mol. The van der Waals surface area contributed by atoms with Crippen LogP contribution in [-0.2, 0) is 6.54 Å². The summed E-state index contributed by atoms with van der Waals surface area (Å²) in [6.45, 7) is 4.33. The summed E-state index contributed by atoms with van der Waals surface area (Å²) in [5, 5.41) is 3.63. The van der Waals surface area contributed by atoms with Gasteiger partial charge in [-0.3, -0.25) is 0 Å². The van der Waals surface area contributed by atoms with E-state index in [-0.39, 0.29) is 0 Å². The Labute approximate surface area is 102 Å². The van der Waals surface area contributed by atoms with Crippen molar-refractivity contribution in [2.45, 2.75) is 38.8 Å². The van der Waals surface area contributed by atoms with Crippen LogP contribution < -0.4 is 5.32 Å². The zero-order valence-corrected chi connectivity index (χ0v) is 10.8. The Hall–Kier alpha value is -0.480. The maximum Gasteiger partial charge on any atom is 0.105 e. The third-order valence-electron chi connectivity index (χ3n) is 3.11. The van der Waals surface area contributed by atoms with E-state index in [4.69, 9.17) is 0 Å². The normalized spacial score (nSPS) is 20.4. The van der Waals surface area contributed by atoms with E-state index in [0.717, 1.165) is 18.4 Å². The number of unbranched alkanes of at least 4 members (excludes halogenated alkanes) is 1. The Morgan fingerprint density at radius 3 is 3.19 bits per heavy atom. The fourth-order valence-corrected chi connectivity index (χ4v) is 3.24. The molecule has 90 valence electrons. The topological polar surface area (TPSA) is 29.9 Å².